The number of nitrogens with zero attached hydrogens (tertiary/aromatic N) is 1. The van der Waals surface area contributed by atoms with Gasteiger partial charge >= 0.3 is 0 Å². The van der Waals surface area contributed by atoms with E-state index in [2.05, 4.69) is 15.5 Å². The van der Waals surface area contributed by atoms with Crippen LogP contribution in [0.4, 0.5) is 5.69 Å². The molecule has 2 aromatic rings. The standard InChI is InChI=1S/C17H21N3O2/c1-11-7-12(2)17(13(3)8-11)15(21)5-4-6-16(22)20-14-9-18-19-10-14/h7-10H,4-6H2,1-3H3,(H,18,19)(H,20,22). The molecule has 2 rings (SSSR count). The highest BCUT2D eigenvalue weighted by molar-refractivity contribution is 5.99. The molecular weight excluding hydrogens is 278 g/mol. The number of anilines is 1. The highest BCUT2D eigenvalue weighted by Crippen LogP contribution is 2.19. The van der Waals surface area contributed by atoms with Crippen molar-refractivity contribution in [2.45, 2.75) is 40.0 Å². The van der Waals surface area contributed by atoms with Gasteiger partial charge in [-0.2, -0.15) is 5.10 Å². The van der Waals surface area contributed by atoms with E-state index in [4.69, 9.17) is 0 Å². The second-order valence-corrected chi connectivity index (χ2v) is 5.59. The van der Waals surface area contributed by atoms with E-state index < -0.39 is 0 Å². The van der Waals surface area contributed by atoms with Gasteiger partial charge in [-0.05, 0) is 38.3 Å². The molecule has 22 heavy (non-hydrogen) atoms. The topological polar surface area (TPSA) is 74.8 Å². The number of aromatic amines is 1. The largest absolute Gasteiger partial charge is 0.323 e. The Morgan fingerprint density at radius 1 is 1.14 bits per heavy atom. The molecule has 2 N–H and O–H groups in total. The molecule has 0 saturated carbocycles. The van der Waals surface area contributed by atoms with Crippen LogP contribution in [0.1, 0.15) is 46.3 Å². The lowest BCUT2D eigenvalue weighted by Crippen LogP contribution is -2.12. The highest BCUT2D eigenvalue weighted by atomic mass is 16.1. The number of carbonyl (C=O) groups excluding carboxylic acids is 2. The molecule has 0 saturated heterocycles. The van der Waals surface area contributed by atoms with E-state index in [-0.39, 0.29) is 11.7 Å². The molecule has 0 radical (unpaired) electrons. The van der Waals surface area contributed by atoms with Gasteiger partial charge in [0.25, 0.3) is 0 Å². The average Bonchev–Trinajstić information content (AvgIpc) is 2.90. The number of amides is 1. The van der Waals surface area contributed by atoms with E-state index in [0.717, 1.165) is 22.3 Å². The van der Waals surface area contributed by atoms with Crippen molar-refractivity contribution < 1.29 is 9.59 Å². The molecule has 1 aromatic carbocycles. The van der Waals surface area contributed by atoms with Crippen LogP contribution in [0.2, 0.25) is 0 Å². The highest BCUT2D eigenvalue weighted by Gasteiger charge is 2.13. The number of H-pyrrole nitrogens is 1. The second kappa shape index (κ2) is 7.02. The summed E-state index contributed by atoms with van der Waals surface area (Å²) in [7, 11) is 0. The maximum Gasteiger partial charge on any atom is 0.224 e. The Morgan fingerprint density at radius 3 is 2.41 bits per heavy atom. The molecule has 0 fully saturated rings. The average molecular weight is 299 g/mol. The minimum absolute atomic E-state index is 0.103. The smallest absolute Gasteiger partial charge is 0.224 e. The summed E-state index contributed by atoms with van der Waals surface area (Å²) in [5.41, 5.74) is 4.60. The lowest BCUT2D eigenvalue weighted by Gasteiger charge is -2.10. The number of Topliss-reactive ketones (excluding diaryl/α,β-unsaturated/α-hetero) is 1. The monoisotopic (exact) mass is 299 g/mol. The molecule has 0 aliphatic heterocycles. The van der Waals surface area contributed by atoms with Gasteiger partial charge < -0.3 is 5.32 Å². The van der Waals surface area contributed by atoms with Crippen LogP contribution >= 0.6 is 0 Å². The van der Waals surface area contributed by atoms with Crippen molar-refractivity contribution in [1.29, 1.82) is 0 Å². The third kappa shape index (κ3) is 4.04. The first-order chi connectivity index (χ1) is 10.5. The maximum absolute atomic E-state index is 12.3. The third-order valence-corrected chi connectivity index (χ3v) is 3.55. The Labute approximate surface area is 130 Å². The van der Waals surface area contributed by atoms with Crippen molar-refractivity contribution in [2.75, 3.05) is 5.32 Å². The molecule has 0 atom stereocenters. The molecule has 5 heteroatoms. The van der Waals surface area contributed by atoms with Crippen molar-refractivity contribution in [3.63, 3.8) is 0 Å². The third-order valence-electron chi connectivity index (χ3n) is 3.55. The fourth-order valence-corrected chi connectivity index (χ4v) is 2.70. The minimum Gasteiger partial charge on any atom is -0.323 e. The Hall–Kier alpha value is -2.43. The van der Waals surface area contributed by atoms with E-state index in [1.165, 1.54) is 0 Å². The number of hydrogen-bond acceptors (Lipinski definition) is 3. The molecule has 0 aliphatic carbocycles. The van der Waals surface area contributed by atoms with E-state index >= 15 is 0 Å². The van der Waals surface area contributed by atoms with Crippen molar-refractivity contribution in [2.24, 2.45) is 0 Å². The summed E-state index contributed by atoms with van der Waals surface area (Å²) in [6.07, 6.45) is 4.39. The summed E-state index contributed by atoms with van der Waals surface area (Å²) in [6, 6.07) is 4.04. The number of ketones is 1. The predicted molar refractivity (Wildman–Crippen MR) is 86.1 cm³/mol. The lowest BCUT2D eigenvalue weighted by molar-refractivity contribution is -0.116. The summed E-state index contributed by atoms with van der Waals surface area (Å²) in [4.78, 5) is 24.1. The summed E-state index contributed by atoms with van der Waals surface area (Å²) in [5.74, 6) is -0.00217. The minimum atomic E-state index is -0.105. The van der Waals surface area contributed by atoms with Gasteiger partial charge in [0.05, 0.1) is 11.9 Å². The molecule has 0 aliphatic rings. The van der Waals surface area contributed by atoms with Crippen LogP contribution in [0.5, 0.6) is 0 Å². The molecule has 1 aromatic heterocycles. The molecular formula is C17H21N3O2. The van der Waals surface area contributed by atoms with Crippen LogP contribution in [-0.4, -0.2) is 21.9 Å². The van der Waals surface area contributed by atoms with E-state index in [1.807, 2.05) is 32.9 Å². The van der Waals surface area contributed by atoms with Gasteiger partial charge in [0.2, 0.25) is 5.91 Å². The van der Waals surface area contributed by atoms with Gasteiger partial charge in [-0.3, -0.25) is 14.7 Å². The first kappa shape index (κ1) is 15.9. The normalized spacial score (nSPS) is 10.5. The lowest BCUT2D eigenvalue weighted by atomic mass is 9.94. The van der Waals surface area contributed by atoms with Crippen LogP contribution < -0.4 is 5.32 Å². The quantitative estimate of drug-likeness (QED) is 0.803. The number of benzene rings is 1. The van der Waals surface area contributed by atoms with E-state index in [0.29, 0.717) is 24.9 Å². The Bertz CT molecular complexity index is 652. The molecule has 116 valence electrons. The number of carbonyl (C=O) groups is 2. The number of aryl methyl sites for hydroxylation is 3. The van der Waals surface area contributed by atoms with Crippen molar-refractivity contribution in [3.05, 3.63) is 46.8 Å². The number of nitrogens with one attached hydrogen (secondary N) is 2. The van der Waals surface area contributed by atoms with E-state index in [1.54, 1.807) is 12.4 Å². The SMILES string of the molecule is Cc1cc(C)c(C(=O)CCCC(=O)Nc2cn[nH]c2)c(C)c1. The molecule has 0 bridgehead atoms. The number of rotatable bonds is 6. The van der Waals surface area contributed by atoms with Crippen LogP contribution in [0.15, 0.2) is 24.5 Å². The second-order valence-electron chi connectivity index (χ2n) is 5.59. The van der Waals surface area contributed by atoms with Gasteiger partial charge in [-0.1, -0.05) is 17.7 Å². The number of hydrogen-bond donors (Lipinski definition) is 2. The molecule has 1 amide bonds. The van der Waals surface area contributed by atoms with Crippen molar-refractivity contribution in [1.82, 2.24) is 10.2 Å². The number of aromatic nitrogens is 2. The zero-order valence-electron chi connectivity index (χ0n) is 13.2. The zero-order valence-corrected chi connectivity index (χ0v) is 13.2. The fraction of sp³-hybridized carbons (Fsp3) is 0.353. The molecule has 1 heterocycles. The van der Waals surface area contributed by atoms with Crippen LogP contribution in [0, 0.1) is 20.8 Å². The van der Waals surface area contributed by atoms with Gasteiger partial charge in [0.15, 0.2) is 5.78 Å². The summed E-state index contributed by atoms with van der Waals surface area (Å²) in [5, 5.41) is 9.11. The van der Waals surface area contributed by atoms with Crippen LogP contribution in [0.3, 0.4) is 0 Å². The first-order valence-corrected chi connectivity index (χ1v) is 7.37. The van der Waals surface area contributed by atoms with Gasteiger partial charge in [-0.25, -0.2) is 0 Å². The zero-order chi connectivity index (χ0) is 16.1. The first-order valence-electron chi connectivity index (χ1n) is 7.37. The molecule has 0 spiro atoms. The summed E-state index contributed by atoms with van der Waals surface area (Å²) in [6.45, 7) is 5.94. The Kier molecular flexibility index (Phi) is 5.09. The fourth-order valence-electron chi connectivity index (χ4n) is 2.70. The van der Waals surface area contributed by atoms with Crippen molar-refractivity contribution >= 4 is 17.4 Å². The molecule has 0 unspecified atom stereocenters. The van der Waals surface area contributed by atoms with Gasteiger partial charge in [-0.15, -0.1) is 0 Å². The Morgan fingerprint density at radius 2 is 1.82 bits per heavy atom. The van der Waals surface area contributed by atoms with Gasteiger partial charge in [0.1, 0.15) is 0 Å². The Balaban J connectivity index is 1.87. The van der Waals surface area contributed by atoms with E-state index in [9.17, 15) is 9.59 Å². The summed E-state index contributed by atoms with van der Waals surface area (Å²) < 4.78 is 0. The van der Waals surface area contributed by atoms with Crippen LogP contribution in [-0.2, 0) is 4.79 Å². The predicted octanol–water partition coefficient (Wildman–Crippen LogP) is 3.33. The molecule has 5 nitrogen and oxygen atoms in total. The van der Waals surface area contributed by atoms with Crippen LogP contribution in [0.25, 0.3) is 0 Å². The van der Waals surface area contributed by atoms with Gasteiger partial charge in [0, 0.05) is 24.6 Å². The maximum atomic E-state index is 12.3. The van der Waals surface area contributed by atoms with Crippen molar-refractivity contribution in [3.8, 4) is 0 Å². The summed E-state index contributed by atoms with van der Waals surface area (Å²) >= 11 is 0.